The van der Waals surface area contributed by atoms with Crippen LogP contribution in [0.4, 0.5) is 26.3 Å². The van der Waals surface area contributed by atoms with Gasteiger partial charge in [0.05, 0.1) is 0 Å². The van der Waals surface area contributed by atoms with Crippen LogP contribution in [-0.2, 0) is 14.3 Å². The number of alkyl halides is 6. The van der Waals surface area contributed by atoms with Crippen molar-refractivity contribution in [2.75, 3.05) is 13.2 Å². The SMILES string of the molecule is O=C([O-])C(F)(F)C(F)(F)C(F)(F)C(=O)OCCOc1ccccc1. The van der Waals surface area contributed by atoms with Crippen molar-refractivity contribution in [3.63, 3.8) is 0 Å². The molecule has 0 amide bonds. The second-order valence-electron chi connectivity index (χ2n) is 4.31. The first-order valence-corrected chi connectivity index (χ1v) is 6.14. The molecule has 0 N–H and O–H groups in total. The summed E-state index contributed by atoms with van der Waals surface area (Å²) in [6.45, 7) is -1.50. The van der Waals surface area contributed by atoms with Crippen molar-refractivity contribution in [2.24, 2.45) is 0 Å². The van der Waals surface area contributed by atoms with Crippen LogP contribution in [0.25, 0.3) is 0 Å². The van der Waals surface area contributed by atoms with Gasteiger partial charge in [0, 0.05) is 0 Å². The van der Waals surface area contributed by atoms with Crippen molar-refractivity contribution in [2.45, 2.75) is 17.8 Å². The van der Waals surface area contributed by atoms with Crippen molar-refractivity contribution in [1.29, 1.82) is 0 Å². The fraction of sp³-hybridized carbons (Fsp3) is 0.385. The van der Waals surface area contributed by atoms with Crippen LogP contribution >= 0.6 is 0 Å². The predicted octanol–water partition coefficient (Wildman–Crippen LogP) is 1.26. The lowest BCUT2D eigenvalue weighted by molar-refractivity contribution is -0.366. The van der Waals surface area contributed by atoms with Gasteiger partial charge >= 0.3 is 23.7 Å². The van der Waals surface area contributed by atoms with Crippen LogP contribution in [0.3, 0.4) is 0 Å². The van der Waals surface area contributed by atoms with Crippen molar-refractivity contribution in [1.82, 2.24) is 0 Å². The summed E-state index contributed by atoms with van der Waals surface area (Å²) in [4.78, 5) is 20.8. The van der Waals surface area contributed by atoms with Gasteiger partial charge in [-0.05, 0) is 12.1 Å². The van der Waals surface area contributed by atoms with E-state index in [1.54, 1.807) is 18.2 Å². The zero-order valence-corrected chi connectivity index (χ0v) is 11.6. The third-order valence-corrected chi connectivity index (χ3v) is 2.63. The Kier molecular flexibility index (Phi) is 5.69. The summed E-state index contributed by atoms with van der Waals surface area (Å²) < 4.78 is 86.3. The first-order chi connectivity index (χ1) is 10.9. The molecule has 0 unspecified atom stereocenters. The Bertz CT molecular complexity index is 590. The largest absolute Gasteiger partial charge is 0.544 e. The normalized spacial score (nSPS) is 12.6. The molecule has 5 nitrogen and oxygen atoms in total. The molecule has 0 aliphatic rings. The summed E-state index contributed by atoms with van der Waals surface area (Å²) >= 11 is 0. The summed E-state index contributed by atoms with van der Waals surface area (Å²) in [5.41, 5.74) is 0. The van der Waals surface area contributed by atoms with Gasteiger partial charge in [0.1, 0.15) is 24.9 Å². The third-order valence-electron chi connectivity index (χ3n) is 2.63. The molecule has 0 fully saturated rings. The molecule has 0 bridgehead atoms. The van der Waals surface area contributed by atoms with E-state index in [4.69, 9.17) is 4.74 Å². The third kappa shape index (κ3) is 3.71. The topological polar surface area (TPSA) is 75.7 Å². The number of carbonyl (C=O) groups excluding carboxylic acids is 2. The predicted molar refractivity (Wildman–Crippen MR) is 62.7 cm³/mol. The van der Waals surface area contributed by atoms with Crippen molar-refractivity contribution in [3.05, 3.63) is 30.3 Å². The van der Waals surface area contributed by atoms with E-state index in [0.717, 1.165) is 0 Å². The molecule has 11 heteroatoms. The number of hydrogen-bond acceptors (Lipinski definition) is 5. The van der Waals surface area contributed by atoms with Crippen LogP contribution in [0.2, 0.25) is 0 Å². The highest BCUT2D eigenvalue weighted by atomic mass is 19.3. The Morgan fingerprint density at radius 3 is 1.96 bits per heavy atom. The zero-order chi connectivity index (χ0) is 18.6. The van der Waals surface area contributed by atoms with Crippen molar-refractivity contribution < 1.29 is 50.5 Å². The molecule has 0 aromatic heterocycles. The van der Waals surface area contributed by atoms with Gasteiger partial charge < -0.3 is 19.4 Å². The zero-order valence-electron chi connectivity index (χ0n) is 11.6. The van der Waals surface area contributed by atoms with E-state index in [-0.39, 0.29) is 5.75 Å². The highest BCUT2D eigenvalue weighted by Crippen LogP contribution is 2.46. The maximum absolute atomic E-state index is 13.2. The molecule has 0 aliphatic carbocycles. The highest BCUT2D eigenvalue weighted by Gasteiger charge is 2.76. The van der Waals surface area contributed by atoms with Crippen LogP contribution in [0, 0.1) is 0 Å². The Hall–Kier alpha value is -2.46. The number of carbonyl (C=O) groups is 2. The van der Waals surface area contributed by atoms with Crippen LogP contribution in [0.1, 0.15) is 0 Å². The summed E-state index contributed by atoms with van der Waals surface area (Å²) in [7, 11) is 0. The fourth-order valence-corrected chi connectivity index (χ4v) is 1.35. The summed E-state index contributed by atoms with van der Waals surface area (Å²) in [5, 5.41) is 9.91. The second kappa shape index (κ2) is 6.97. The van der Waals surface area contributed by atoms with E-state index in [2.05, 4.69) is 4.74 Å². The maximum atomic E-state index is 13.2. The molecule has 0 spiro atoms. The van der Waals surface area contributed by atoms with Gasteiger partial charge in [-0.25, -0.2) is 4.79 Å². The van der Waals surface area contributed by atoms with Gasteiger partial charge in [0.15, 0.2) is 0 Å². The molecule has 0 atom stereocenters. The number of benzene rings is 1. The van der Waals surface area contributed by atoms with E-state index in [1.807, 2.05) is 0 Å². The summed E-state index contributed by atoms with van der Waals surface area (Å²) in [6.07, 6.45) is 0. The van der Waals surface area contributed by atoms with Crippen LogP contribution in [0.5, 0.6) is 5.75 Å². The molecule has 0 saturated carbocycles. The number of ether oxygens (including phenoxy) is 2. The molecule has 0 aliphatic heterocycles. The number of carboxylic acids is 1. The van der Waals surface area contributed by atoms with E-state index < -0.39 is 42.9 Å². The second-order valence-corrected chi connectivity index (χ2v) is 4.31. The summed E-state index contributed by atoms with van der Waals surface area (Å²) in [5.74, 6) is -25.5. The first-order valence-electron chi connectivity index (χ1n) is 6.14. The Labute approximate surface area is 130 Å². The van der Waals surface area contributed by atoms with E-state index in [9.17, 15) is 41.0 Å². The molecule has 1 aromatic rings. The monoisotopic (exact) mass is 359 g/mol. The number of aliphatic carboxylic acids is 1. The van der Waals surface area contributed by atoms with E-state index in [0.29, 0.717) is 0 Å². The van der Waals surface area contributed by atoms with Gasteiger partial charge in [0.25, 0.3) is 0 Å². The van der Waals surface area contributed by atoms with Crippen LogP contribution < -0.4 is 9.84 Å². The standard InChI is InChI=1S/C13H10F6O5/c14-11(15,9(20)21)13(18,19)12(16,17)10(22)24-7-6-23-8-4-2-1-3-5-8/h1-5H,6-7H2,(H,20,21)/p-1. The lowest BCUT2D eigenvalue weighted by Gasteiger charge is -2.31. The minimum Gasteiger partial charge on any atom is -0.544 e. The first kappa shape index (κ1) is 19.6. The molecule has 24 heavy (non-hydrogen) atoms. The number of rotatable bonds is 8. The Morgan fingerprint density at radius 1 is 0.917 bits per heavy atom. The Balaban J connectivity index is 2.66. The molecule has 134 valence electrons. The average Bonchev–Trinajstić information content (AvgIpc) is 2.51. The molecule has 0 saturated heterocycles. The lowest BCUT2D eigenvalue weighted by atomic mass is 10.0. The van der Waals surface area contributed by atoms with Crippen LogP contribution in [-0.4, -0.2) is 42.9 Å². The number of carboxylic acid groups (broad SMARTS) is 1. The van der Waals surface area contributed by atoms with Crippen molar-refractivity contribution in [3.8, 4) is 5.75 Å². The number of esters is 1. The smallest absolute Gasteiger partial charge is 0.411 e. The summed E-state index contributed by atoms with van der Waals surface area (Å²) in [6, 6.07) is 7.64. The van der Waals surface area contributed by atoms with E-state index >= 15 is 0 Å². The molecule has 1 aromatic carbocycles. The number of hydrogen-bond donors (Lipinski definition) is 0. The molecule has 1 rings (SSSR count). The number of halogens is 6. The van der Waals surface area contributed by atoms with Crippen LogP contribution in [0.15, 0.2) is 30.3 Å². The number of para-hydroxylation sites is 1. The van der Waals surface area contributed by atoms with Gasteiger partial charge in [-0.1, -0.05) is 18.2 Å². The minimum atomic E-state index is -6.55. The van der Waals surface area contributed by atoms with Crippen molar-refractivity contribution >= 4 is 11.9 Å². The molecular weight excluding hydrogens is 350 g/mol. The van der Waals surface area contributed by atoms with Gasteiger partial charge in [-0.2, -0.15) is 26.3 Å². The average molecular weight is 359 g/mol. The lowest BCUT2D eigenvalue weighted by Crippen LogP contribution is -2.64. The van der Waals surface area contributed by atoms with Gasteiger partial charge in [-0.15, -0.1) is 0 Å². The highest BCUT2D eigenvalue weighted by molar-refractivity contribution is 5.83. The van der Waals surface area contributed by atoms with Gasteiger partial charge in [0.2, 0.25) is 0 Å². The quantitative estimate of drug-likeness (QED) is 0.397. The molecule has 0 radical (unpaired) electrons. The Morgan fingerprint density at radius 2 is 1.46 bits per heavy atom. The molecular formula is C13H9F6O5-. The molecule has 0 heterocycles. The fourth-order valence-electron chi connectivity index (χ4n) is 1.35. The van der Waals surface area contributed by atoms with E-state index in [1.165, 1.54) is 12.1 Å². The minimum absolute atomic E-state index is 0.245. The maximum Gasteiger partial charge on any atom is 0.411 e. The van der Waals surface area contributed by atoms with Gasteiger partial charge in [-0.3, -0.25) is 0 Å².